The lowest BCUT2D eigenvalue weighted by Gasteiger charge is -2.24. The number of nitrogens with one attached hydrogen (secondary N) is 1. The van der Waals surface area contributed by atoms with E-state index in [9.17, 15) is 0 Å². The number of hydrogen-bond donors (Lipinski definition) is 2. The first-order valence-electron chi connectivity index (χ1n) is 6.16. The van der Waals surface area contributed by atoms with Crippen molar-refractivity contribution >= 4 is 0 Å². The molecular formula is C13H20N2O2. The van der Waals surface area contributed by atoms with Gasteiger partial charge in [0.25, 0.3) is 0 Å². The molecule has 1 aromatic carbocycles. The Balaban J connectivity index is 2.22. The summed E-state index contributed by atoms with van der Waals surface area (Å²) >= 11 is 0. The lowest BCUT2D eigenvalue weighted by atomic mass is 9.99. The Bertz CT molecular complexity index is 351. The normalized spacial score (nSPS) is 21.4. The van der Waals surface area contributed by atoms with Gasteiger partial charge in [0.1, 0.15) is 5.75 Å². The second-order valence-electron chi connectivity index (χ2n) is 4.17. The molecule has 1 fully saturated rings. The van der Waals surface area contributed by atoms with Gasteiger partial charge in [-0.3, -0.25) is 11.3 Å². The Kier molecular flexibility index (Phi) is 4.36. The minimum Gasteiger partial charge on any atom is -0.494 e. The zero-order chi connectivity index (χ0) is 12.1. The Morgan fingerprint density at radius 1 is 1.53 bits per heavy atom. The van der Waals surface area contributed by atoms with Crippen LogP contribution in [0.2, 0.25) is 0 Å². The van der Waals surface area contributed by atoms with Crippen LogP contribution in [0.3, 0.4) is 0 Å². The topological polar surface area (TPSA) is 56.5 Å². The summed E-state index contributed by atoms with van der Waals surface area (Å²) in [5.41, 5.74) is 3.93. The molecule has 1 aliphatic heterocycles. The van der Waals surface area contributed by atoms with E-state index in [1.54, 1.807) is 0 Å². The van der Waals surface area contributed by atoms with Crippen molar-refractivity contribution in [1.82, 2.24) is 5.43 Å². The fourth-order valence-corrected chi connectivity index (χ4v) is 2.29. The fourth-order valence-electron chi connectivity index (χ4n) is 2.29. The molecule has 0 radical (unpaired) electrons. The summed E-state index contributed by atoms with van der Waals surface area (Å²) in [4.78, 5) is 0. The Morgan fingerprint density at radius 2 is 2.35 bits per heavy atom. The maximum Gasteiger partial charge on any atom is 0.124 e. The lowest BCUT2D eigenvalue weighted by molar-refractivity contribution is 0.0773. The molecule has 0 aliphatic carbocycles. The first-order chi connectivity index (χ1) is 8.36. The Morgan fingerprint density at radius 3 is 3.00 bits per heavy atom. The third kappa shape index (κ3) is 2.77. The molecule has 4 heteroatoms. The van der Waals surface area contributed by atoms with Crippen LogP contribution in [-0.4, -0.2) is 19.3 Å². The van der Waals surface area contributed by atoms with Crippen LogP contribution in [0.4, 0.5) is 0 Å². The largest absolute Gasteiger partial charge is 0.494 e. The molecule has 1 aromatic rings. The predicted molar refractivity (Wildman–Crippen MR) is 66.6 cm³/mol. The highest BCUT2D eigenvalue weighted by Gasteiger charge is 2.28. The average Bonchev–Trinajstić information content (AvgIpc) is 2.86. The van der Waals surface area contributed by atoms with Crippen LogP contribution < -0.4 is 16.0 Å². The highest BCUT2D eigenvalue weighted by molar-refractivity contribution is 5.36. The number of benzene rings is 1. The quantitative estimate of drug-likeness (QED) is 0.604. The monoisotopic (exact) mass is 236 g/mol. The molecule has 0 bridgehead atoms. The van der Waals surface area contributed by atoms with Crippen molar-refractivity contribution in [3.05, 3.63) is 29.8 Å². The van der Waals surface area contributed by atoms with Crippen molar-refractivity contribution in [1.29, 1.82) is 0 Å². The number of para-hydroxylation sites is 1. The summed E-state index contributed by atoms with van der Waals surface area (Å²) in [5, 5.41) is 0. The summed E-state index contributed by atoms with van der Waals surface area (Å²) in [5.74, 6) is 6.55. The predicted octanol–water partition coefficient (Wildman–Crippen LogP) is 1.77. The maximum absolute atomic E-state index is 5.70. The fraction of sp³-hybridized carbons (Fsp3) is 0.538. The van der Waals surface area contributed by atoms with Gasteiger partial charge < -0.3 is 9.47 Å². The molecule has 94 valence electrons. The van der Waals surface area contributed by atoms with Crippen LogP contribution in [0.5, 0.6) is 5.75 Å². The van der Waals surface area contributed by atoms with Crippen molar-refractivity contribution in [2.24, 2.45) is 5.84 Å². The average molecular weight is 236 g/mol. The highest BCUT2D eigenvalue weighted by atomic mass is 16.5. The first-order valence-corrected chi connectivity index (χ1v) is 6.16. The minimum absolute atomic E-state index is 0.000231. The van der Waals surface area contributed by atoms with Crippen molar-refractivity contribution in [3.63, 3.8) is 0 Å². The smallest absolute Gasteiger partial charge is 0.124 e. The SMILES string of the molecule is CCOc1ccccc1C(NN)C1CCCO1. The van der Waals surface area contributed by atoms with Crippen LogP contribution >= 0.6 is 0 Å². The van der Waals surface area contributed by atoms with Gasteiger partial charge in [0.05, 0.1) is 18.8 Å². The molecule has 0 saturated carbocycles. The van der Waals surface area contributed by atoms with Crippen LogP contribution in [0.25, 0.3) is 0 Å². The van der Waals surface area contributed by atoms with E-state index in [0.29, 0.717) is 6.61 Å². The van der Waals surface area contributed by atoms with E-state index < -0.39 is 0 Å². The summed E-state index contributed by atoms with van der Waals surface area (Å²) in [7, 11) is 0. The van der Waals surface area contributed by atoms with Gasteiger partial charge in [0.2, 0.25) is 0 Å². The summed E-state index contributed by atoms with van der Waals surface area (Å²) in [6.07, 6.45) is 2.27. The van der Waals surface area contributed by atoms with Crippen molar-refractivity contribution in [2.75, 3.05) is 13.2 Å². The molecule has 1 saturated heterocycles. The molecule has 2 atom stereocenters. The molecule has 2 rings (SSSR count). The van der Waals surface area contributed by atoms with Crippen LogP contribution in [0.1, 0.15) is 31.4 Å². The van der Waals surface area contributed by atoms with E-state index in [0.717, 1.165) is 30.8 Å². The second-order valence-corrected chi connectivity index (χ2v) is 4.17. The van der Waals surface area contributed by atoms with E-state index >= 15 is 0 Å². The maximum atomic E-state index is 5.70. The van der Waals surface area contributed by atoms with E-state index in [-0.39, 0.29) is 12.1 Å². The van der Waals surface area contributed by atoms with E-state index in [2.05, 4.69) is 5.43 Å². The van der Waals surface area contributed by atoms with Crippen LogP contribution in [-0.2, 0) is 4.74 Å². The van der Waals surface area contributed by atoms with Gasteiger partial charge in [-0.2, -0.15) is 0 Å². The lowest BCUT2D eigenvalue weighted by Crippen LogP contribution is -2.36. The molecule has 0 aromatic heterocycles. The Labute approximate surface area is 102 Å². The van der Waals surface area contributed by atoms with Gasteiger partial charge in [-0.15, -0.1) is 0 Å². The Hall–Kier alpha value is -1.10. The van der Waals surface area contributed by atoms with Crippen molar-refractivity contribution in [3.8, 4) is 5.75 Å². The van der Waals surface area contributed by atoms with Crippen LogP contribution in [0, 0.1) is 0 Å². The third-order valence-electron chi connectivity index (χ3n) is 3.07. The molecule has 1 heterocycles. The molecular weight excluding hydrogens is 216 g/mol. The molecule has 4 nitrogen and oxygen atoms in total. The molecule has 0 spiro atoms. The van der Waals surface area contributed by atoms with E-state index in [1.807, 2.05) is 31.2 Å². The number of nitrogens with two attached hydrogens (primary N) is 1. The summed E-state index contributed by atoms with van der Waals surface area (Å²) < 4.78 is 11.3. The highest BCUT2D eigenvalue weighted by Crippen LogP contribution is 2.31. The minimum atomic E-state index is 0.000231. The zero-order valence-electron chi connectivity index (χ0n) is 10.2. The standard InChI is InChI=1S/C13H20N2O2/c1-2-16-11-7-4-3-6-10(11)13(15-14)12-8-5-9-17-12/h3-4,6-7,12-13,15H,2,5,8-9,14H2,1H3. The molecule has 3 N–H and O–H groups in total. The number of ether oxygens (including phenoxy) is 2. The van der Waals surface area contributed by atoms with Crippen LogP contribution in [0.15, 0.2) is 24.3 Å². The van der Waals surface area contributed by atoms with E-state index in [4.69, 9.17) is 15.3 Å². The number of hydrazine groups is 1. The van der Waals surface area contributed by atoms with Gasteiger partial charge in [0.15, 0.2) is 0 Å². The second kappa shape index (κ2) is 6.00. The van der Waals surface area contributed by atoms with Gasteiger partial charge >= 0.3 is 0 Å². The van der Waals surface area contributed by atoms with Gasteiger partial charge in [-0.05, 0) is 25.8 Å². The van der Waals surface area contributed by atoms with E-state index in [1.165, 1.54) is 0 Å². The van der Waals surface area contributed by atoms with Crippen molar-refractivity contribution < 1.29 is 9.47 Å². The number of rotatable bonds is 5. The molecule has 17 heavy (non-hydrogen) atoms. The molecule has 0 amide bonds. The summed E-state index contributed by atoms with van der Waals surface area (Å²) in [6.45, 7) is 3.45. The third-order valence-corrected chi connectivity index (χ3v) is 3.07. The first kappa shape index (κ1) is 12.4. The molecule has 1 aliphatic rings. The van der Waals surface area contributed by atoms with Gasteiger partial charge in [-0.1, -0.05) is 18.2 Å². The zero-order valence-corrected chi connectivity index (χ0v) is 10.2. The van der Waals surface area contributed by atoms with Gasteiger partial charge in [0, 0.05) is 12.2 Å². The van der Waals surface area contributed by atoms with Gasteiger partial charge in [-0.25, -0.2) is 0 Å². The molecule has 2 unspecified atom stereocenters. The summed E-state index contributed by atoms with van der Waals surface area (Å²) in [6, 6.07) is 7.98. The number of hydrogen-bond acceptors (Lipinski definition) is 4. The van der Waals surface area contributed by atoms with Crippen molar-refractivity contribution in [2.45, 2.75) is 31.9 Å².